The van der Waals surface area contributed by atoms with Gasteiger partial charge in [0.2, 0.25) is 6.29 Å². The minimum absolute atomic E-state index is 0.00480. The first-order valence-corrected chi connectivity index (χ1v) is 11.0. The molecule has 0 fully saturated rings. The molecule has 0 saturated carbocycles. The van der Waals surface area contributed by atoms with Crippen molar-refractivity contribution in [1.82, 2.24) is 0 Å². The monoisotopic (exact) mass is 480 g/mol. The van der Waals surface area contributed by atoms with Crippen LogP contribution in [-0.4, -0.2) is 39.4 Å². The van der Waals surface area contributed by atoms with Crippen LogP contribution in [0.15, 0.2) is 66.5 Å². The van der Waals surface area contributed by atoms with Crippen LogP contribution in [-0.2, 0) is 23.7 Å². The molecule has 0 aliphatic carbocycles. The lowest BCUT2D eigenvalue weighted by Crippen LogP contribution is -2.19. The zero-order valence-corrected chi connectivity index (χ0v) is 18.2. The number of carbonyl (C=O) groups excluding carboxylic acids is 1. The van der Waals surface area contributed by atoms with Crippen LogP contribution in [0.2, 0.25) is 0 Å². The van der Waals surface area contributed by atoms with Crippen LogP contribution >= 0.6 is 39.5 Å². The highest BCUT2D eigenvalue weighted by Gasteiger charge is 2.37. The van der Waals surface area contributed by atoms with Crippen LogP contribution in [0.3, 0.4) is 0 Å². The van der Waals surface area contributed by atoms with Crippen LogP contribution < -0.4 is 0 Å². The minimum Gasteiger partial charge on any atom is -0.427 e. The van der Waals surface area contributed by atoms with E-state index in [2.05, 4.69) is 34.1 Å². The van der Waals surface area contributed by atoms with Gasteiger partial charge < -0.3 is 18.9 Å². The smallest absolute Gasteiger partial charge is 0.348 e. The van der Waals surface area contributed by atoms with Crippen molar-refractivity contribution in [2.75, 3.05) is 27.1 Å². The summed E-state index contributed by atoms with van der Waals surface area (Å²) in [6, 6.07) is 14.3. The Labute approximate surface area is 179 Å². The van der Waals surface area contributed by atoms with Crippen molar-refractivity contribution in [1.29, 1.82) is 0 Å². The molecule has 5 nitrogen and oxygen atoms in total. The number of esters is 1. The fourth-order valence-electron chi connectivity index (χ4n) is 2.86. The predicted octanol–water partition coefficient (Wildman–Crippen LogP) is 4.93. The highest BCUT2D eigenvalue weighted by molar-refractivity contribution is 9.12. The minimum atomic E-state index is -0.821. The van der Waals surface area contributed by atoms with Gasteiger partial charge in [0.05, 0.1) is 18.8 Å². The van der Waals surface area contributed by atoms with E-state index in [1.165, 1.54) is 9.79 Å². The lowest BCUT2D eigenvalue weighted by molar-refractivity contribution is -0.177. The van der Waals surface area contributed by atoms with Crippen molar-refractivity contribution in [2.45, 2.75) is 25.9 Å². The Morgan fingerprint density at radius 3 is 2.57 bits per heavy atom. The van der Waals surface area contributed by atoms with Crippen molar-refractivity contribution in [3.05, 3.63) is 52.5 Å². The van der Waals surface area contributed by atoms with Crippen molar-refractivity contribution in [3.63, 3.8) is 0 Å². The predicted molar refractivity (Wildman–Crippen MR) is 111 cm³/mol. The van der Waals surface area contributed by atoms with E-state index in [0.29, 0.717) is 23.3 Å². The van der Waals surface area contributed by atoms with Gasteiger partial charge in [-0.25, -0.2) is 4.79 Å². The van der Waals surface area contributed by atoms with E-state index in [9.17, 15) is 4.79 Å². The molecule has 0 radical (unpaired) electrons. The number of halogens is 1. The summed E-state index contributed by atoms with van der Waals surface area (Å²) in [4.78, 5) is 16.8. The molecular formula is C20H17BrO5S2. The van der Waals surface area contributed by atoms with Crippen LogP contribution in [0.1, 0.15) is 5.56 Å². The van der Waals surface area contributed by atoms with Gasteiger partial charge >= 0.3 is 5.97 Å². The number of ether oxygens (including phenoxy) is 4. The molecule has 4 rings (SSSR count). The molecule has 146 valence electrons. The molecule has 1 unspecified atom stereocenters. The van der Waals surface area contributed by atoms with E-state index >= 15 is 0 Å². The summed E-state index contributed by atoms with van der Waals surface area (Å²) in [7, 11) is 1.60. The molecule has 2 aliphatic rings. The molecule has 2 heterocycles. The Morgan fingerprint density at radius 2 is 1.79 bits per heavy atom. The number of methoxy groups -OCH3 is 1. The summed E-state index contributed by atoms with van der Waals surface area (Å²) < 4.78 is 21.8. The van der Waals surface area contributed by atoms with E-state index in [4.69, 9.17) is 18.9 Å². The summed E-state index contributed by atoms with van der Waals surface area (Å²) in [6.45, 7) is 0.881. The summed E-state index contributed by atoms with van der Waals surface area (Å²) in [6.07, 6.45) is -0.821. The lowest BCUT2D eigenvalue weighted by Gasteiger charge is -2.23. The maximum absolute atomic E-state index is 12.2. The maximum atomic E-state index is 12.2. The Kier molecular flexibility index (Phi) is 6.45. The Hall–Kier alpha value is -1.29. The first kappa shape index (κ1) is 20.0. The molecule has 0 spiro atoms. The van der Waals surface area contributed by atoms with Gasteiger partial charge in [0.15, 0.2) is 6.79 Å². The largest absolute Gasteiger partial charge is 0.427 e. The van der Waals surface area contributed by atoms with Gasteiger partial charge in [-0.1, -0.05) is 47.8 Å². The number of carbonyl (C=O) groups is 1. The van der Waals surface area contributed by atoms with Gasteiger partial charge in [-0.3, -0.25) is 0 Å². The van der Waals surface area contributed by atoms with Crippen LogP contribution in [0, 0.1) is 0 Å². The molecule has 2 aromatic rings. The van der Waals surface area contributed by atoms with Gasteiger partial charge in [-0.2, -0.15) is 0 Å². The van der Waals surface area contributed by atoms with Gasteiger partial charge in [-0.05, 0) is 34.1 Å². The number of cyclic esters (lactones) is 1. The number of hydrogen-bond acceptors (Lipinski definition) is 7. The van der Waals surface area contributed by atoms with E-state index in [1.807, 2.05) is 24.3 Å². The highest BCUT2D eigenvalue weighted by Crippen LogP contribution is 2.52. The van der Waals surface area contributed by atoms with E-state index in [-0.39, 0.29) is 6.79 Å². The second kappa shape index (κ2) is 9.02. The lowest BCUT2D eigenvalue weighted by atomic mass is 10.1. The third kappa shape index (κ3) is 4.03. The van der Waals surface area contributed by atoms with Gasteiger partial charge in [-0.15, -0.1) is 0 Å². The van der Waals surface area contributed by atoms with Crippen molar-refractivity contribution in [2.24, 2.45) is 0 Å². The molecule has 8 heteroatoms. The first-order valence-electron chi connectivity index (χ1n) is 8.56. The molecule has 1 atom stereocenters. The molecular weight excluding hydrogens is 464 g/mol. The third-order valence-electron chi connectivity index (χ3n) is 4.15. The van der Waals surface area contributed by atoms with Crippen molar-refractivity contribution >= 4 is 51.0 Å². The molecule has 0 aromatic heterocycles. The van der Waals surface area contributed by atoms with Gasteiger partial charge in [0.1, 0.15) is 4.48 Å². The van der Waals surface area contributed by atoms with Crippen LogP contribution in [0.5, 0.6) is 0 Å². The number of rotatable bonds is 7. The fourth-order valence-corrected chi connectivity index (χ4v) is 5.74. The molecule has 28 heavy (non-hydrogen) atoms. The van der Waals surface area contributed by atoms with Crippen molar-refractivity contribution < 1.29 is 23.7 Å². The van der Waals surface area contributed by atoms with Crippen molar-refractivity contribution in [3.8, 4) is 0 Å². The molecule has 0 bridgehead atoms. The Bertz CT molecular complexity index is 931. The van der Waals surface area contributed by atoms with Gasteiger partial charge in [0.25, 0.3) is 0 Å². The first-order chi connectivity index (χ1) is 13.7. The topological polar surface area (TPSA) is 54.0 Å². The van der Waals surface area contributed by atoms with Gasteiger partial charge in [0, 0.05) is 32.3 Å². The molecule has 2 aliphatic heterocycles. The number of fused-ring (bicyclic) bond motifs is 2. The standard InChI is InChI=1S/C20H17BrO5S2/c1-23-9-10-24-11-25-20-16(17(21)19(22)26-20)12-5-4-8-15-18(12)28-14-7-3-2-6-13(14)27-15/h2-8,20H,9-11H2,1H3. The summed E-state index contributed by atoms with van der Waals surface area (Å²) >= 11 is 6.80. The van der Waals surface area contributed by atoms with Crippen LogP contribution in [0.4, 0.5) is 0 Å². The zero-order valence-electron chi connectivity index (χ0n) is 15.0. The average molecular weight is 481 g/mol. The summed E-state index contributed by atoms with van der Waals surface area (Å²) in [5, 5.41) is 0. The normalized spacial score (nSPS) is 18.1. The second-order valence-corrected chi connectivity index (χ2v) is 8.86. The SMILES string of the molecule is COCCOCOC1OC(=O)C(Br)=C1c1cccc2c1Sc1ccccc1S2. The third-order valence-corrected chi connectivity index (χ3v) is 7.52. The summed E-state index contributed by atoms with van der Waals surface area (Å²) in [5.74, 6) is -0.441. The molecule has 0 amide bonds. The van der Waals surface area contributed by atoms with E-state index in [1.54, 1.807) is 30.6 Å². The second-order valence-electron chi connectivity index (χ2n) is 5.93. The summed E-state index contributed by atoms with van der Waals surface area (Å²) in [5.41, 5.74) is 1.61. The van der Waals surface area contributed by atoms with E-state index in [0.717, 1.165) is 15.4 Å². The molecule has 2 aromatic carbocycles. The van der Waals surface area contributed by atoms with E-state index < -0.39 is 12.3 Å². The number of hydrogen-bond donors (Lipinski definition) is 0. The fraction of sp³-hybridized carbons (Fsp3) is 0.250. The Balaban J connectivity index is 1.61. The average Bonchev–Trinajstić information content (AvgIpc) is 2.99. The maximum Gasteiger partial charge on any atom is 0.348 e. The highest BCUT2D eigenvalue weighted by atomic mass is 79.9. The number of benzene rings is 2. The molecule has 0 N–H and O–H groups in total. The quantitative estimate of drug-likeness (QED) is 0.270. The zero-order chi connectivity index (χ0) is 19.5. The Morgan fingerprint density at radius 1 is 1.04 bits per heavy atom. The van der Waals surface area contributed by atoms with Crippen LogP contribution in [0.25, 0.3) is 5.57 Å². The molecule has 0 saturated heterocycles.